The Labute approximate surface area is 218 Å². The predicted octanol–water partition coefficient (Wildman–Crippen LogP) is 3.22. The number of amides is 2. The van der Waals surface area contributed by atoms with E-state index in [-0.39, 0.29) is 28.3 Å². The summed E-state index contributed by atoms with van der Waals surface area (Å²) in [7, 11) is -3.55. The number of alkyl halides is 3. The van der Waals surface area contributed by atoms with Crippen molar-refractivity contribution in [1.82, 2.24) is 10.2 Å². The maximum atomic E-state index is 13.6. The molecule has 0 radical (unpaired) electrons. The maximum Gasteiger partial charge on any atom is 0.416 e. The van der Waals surface area contributed by atoms with Gasteiger partial charge in [-0.25, -0.2) is 8.42 Å². The number of halogens is 3. The number of carbonyl (C=O) groups is 2. The lowest BCUT2D eigenvalue weighted by atomic mass is 9.90. The summed E-state index contributed by atoms with van der Waals surface area (Å²) in [5.74, 6) is 4.82. The van der Waals surface area contributed by atoms with Crippen LogP contribution in [0.3, 0.4) is 0 Å². The van der Waals surface area contributed by atoms with Gasteiger partial charge in [-0.15, -0.1) is 5.92 Å². The molecule has 2 fully saturated rings. The molecule has 2 amide bonds. The molecular weight excluding hydrogens is 521 g/mol. The van der Waals surface area contributed by atoms with Crippen molar-refractivity contribution in [3.8, 4) is 11.8 Å². The minimum absolute atomic E-state index is 0.00452. The van der Waals surface area contributed by atoms with Gasteiger partial charge in [-0.3, -0.25) is 9.59 Å². The molecule has 0 unspecified atom stereocenters. The van der Waals surface area contributed by atoms with Gasteiger partial charge in [0.1, 0.15) is 6.04 Å². The van der Waals surface area contributed by atoms with Crippen LogP contribution in [0, 0.1) is 23.7 Å². The zero-order valence-electron chi connectivity index (χ0n) is 20.4. The van der Waals surface area contributed by atoms with Gasteiger partial charge in [0.05, 0.1) is 35.8 Å². The van der Waals surface area contributed by atoms with Crippen LogP contribution in [-0.2, 0) is 25.5 Å². The van der Waals surface area contributed by atoms with E-state index in [0.29, 0.717) is 31.6 Å². The topological polar surface area (TPSA) is 92.8 Å². The van der Waals surface area contributed by atoms with Crippen molar-refractivity contribution in [2.45, 2.75) is 42.0 Å². The molecule has 2 aromatic carbocycles. The molecule has 200 valence electrons. The molecule has 2 heterocycles. The van der Waals surface area contributed by atoms with Crippen molar-refractivity contribution < 1.29 is 35.9 Å². The van der Waals surface area contributed by atoms with Crippen LogP contribution in [0.4, 0.5) is 13.2 Å². The molecule has 3 aliphatic rings. The summed E-state index contributed by atoms with van der Waals surface area (Å²) in [6, 6.07) is 8.52. The molecular formula is C27H25F3N2O5S. The number of hydrogen-bond acceptors (Lipinski definition) is 5. The van der Waals surface area contributed by atoms with Crippen molar-refractivity contribution in [3.05, 3.63) is 65.2 Å². The second kappa shape index (κ2) is 9.75. The Morgan fingerprint density at radius 2 is 1.84 bits per heavy atom. The molecule has 5 rings (SSSR count). The Morgan fingerprint density at radius 3 is 2.45 bits per heavy atom. The second-order valence-corrected chi connectivity index (χ2v) is 11.9. The third kappa shape index (κ3) is 5.02. The zero-order chi connectivity index (χ0) is 27.2. The van der Waals surface area contributed by atoms with Crippen LogP contribution in [0.25, 0.3) is 0 Å². The van der Waals surface area contributed by atoms with E-state index in [4.69, 9.17) is 4.74 Å². The molecule has 1 N–H and O–H groups in total. The van der Waals surface area contributed by atoms with Crippen molar-refractivity contribution in [1.29, 1.82) is 0 Å². The van der Waals surface area contributed by atoms with E-state index >= 15 is 0 Å². The van der Waals surface area contributed by atoms with Crippen LogP contribution < -0.4 is 5.32 Å². The molecule has 2 aromatic rings. The lowest BCUT2D eigenvalue weighted by Crippen LogP contribution is -2.51. The number of fused-ring (bicyclic) bond motifs is 1. The fraction of sp³-hybridized carbons (Fsp3) is 0.407. The zero-order valence-corrected chi connectivity index (χ0v) is 21.2. The Morgan fingerprint density at radius 1 is 1.13 bits per heavy atom. The Hall–Kier alpha value is -3.36. The number of likely N-dealkylation sites (tertiary alicyclic amines) is 1. The normalized spacial score (nSPS) is 23.7. The van der Waals surface area contributed by atoms with Gasteiger partial charge in [0.2, 0.25) is 5.91 Å². The lowest BCUT2D eigenvalue weighted by molar-refractivity contribution is -0.137. The van der Waals surface area contributed by atoms with E-state index in [1.807, 2.05) is 0 Å². The van der Waals surface area contributed by atoms with Crippen molar-refractivity contribution in [3.63, 3.8) is 0 Å². The average molecular weight is 547 g/mol. The van der Waals surface area contributed by atoms with E-state index in [9.17, 15) is 31.2 Å². The van der Waals surface area contributed by atoms with Crippen LogP contribution >= 0.6 is 0 Å². The largest absolute Gasteiger partial charge is 0.416 e. The van der Waals surface area contributed by atoms with Crippen LogP contribution in [0.15, 0.2) is 53.4 Å². The van der Waals surface area contributed by atoms with Gasteiger partial charge in [-0.2, -0.15) is 13.2 Å². The molecule has 0 saturated carbocycles. The summed E-state index contributed by atoms with van der Waals surface area (Å²) >= 11 is 0. The molecule has 0 aromatic heterocycles. The molecule has 0 spiro atoms. The number of nitrogens with one attached hydrogen (secondary N) is 1. The third-order valence-electron chi connectivity index (χ3n) is 7.31. The summed E-state index contributed by atoms with van der Waals surface area (Å²) in [6.07, 6.45) is -2.73. The minimum atomic E-state index is -4.48. The molecule has 1 aliphatic carbocycles. The standard InChI is InChI=1S/C27H25F3N2O5S/c1-38(35,36)21-6-2-5-18(12-21)26(34)32-22-7-3-4-17(22)13-23(32)25(33)31-24(19-14-37-15-19)16-8-10-20(11-9-16)27(28,29)30/h2,5-6,8-12,17,19,22-24H,7,13-15H2,1H3,(H,31,33)/t17-,22-,23-,24+/m1/s1. The molecule has 0 bridgehead atoms. The van der Waals surface area contributed by atoms with E-state index in [1.165, 1.54) is 41.3 Å². The van der Waals surface area contributed by atoms with Crippen molar-refractivity contribution in [2.75, 3.05) is 19.5 Å². The van der Waals surface area contributed by atoms with Gasteiger partial charge in [0.25, 0.3) is 5.91 Å². The summed E-state index contributed by atoms with van der Waals surface area (Å²) in [5.41, 5.74) is -0.132. The van der Waals surface area contributed by atoms with Crippen LogP contribution in [0.2, 0.25) is 0 Å². The van der Waals surface area contributed by atoms with Gasteiger partial charge < -0.3 is 15.0 Å². The highest BCUT2D eigenvalue weighted by Crippen LogP contribution is 2.37. The first-order chi connectivity index (χ1) is 17.9. The summed E-state index contributed by atoms with van der Waals surface area (Å²) < 4.78 is 68.5. The van der Waals surface area contributed by atoms with Gasteiger partial charge in [-0.05, 0) is 42.3 Å². The predicted molar refractivity (Wildman–Crippen MR) is 130 cm³/mol. The van der Waals surface area contributed by atoms with Crippen LogP contribution in [0.1, 0.15) is 40.4 Å². The smallest absolute Gasteiger partial charge is 0.381 e. The number of carbonyl (C=O) groups excluding carboxylic acids is 2. The lowest BCUT2D eigenvalue weighted by Gasteiger charge is -2.36. The molecule has 2 saturated heterocycles. The SMILES string of the molecule is CS(=O)(=O)c1cccc(C(=O)N2[C@@H](C(=O)N[C@@H](c3ccc(C(F)(F)F)cc3)C3COC3)C[C@H]3C#CC[C@H]32)c1. The number of hydrogen-bond donors (Lipinski definition) is 1. The molecule has 38 heavy (non-hydrogen) atoms. The molecule has 2 aliphatic heterocycles. The molecule has 11 heteroatoms. The molecule has 7 nitrogen and oxygen atoms in total. The van der Waals surface area contributed by atoms with E-state index in [2.05, 4.69) is 17.2 Å². The highest BCUT2D eigenvalue weighted by Gasteiger charge is 2.48. The summed E-state index contributed by atoms with van der Waals surface area (Å²) in [5, 5.41) is 2.96. The first-order valence-corrected chi connectivity index (χ1v) is 14.0. The quantitative estimate of drug-likeness (QED) is 0.562. The fourth-order valence-corrected chi connectivity index (χ4v) is 5.88. The first kappa shape index (κ1) is 26.3. The summed E-state index contributed by atoms with van der Waals surface area (Å²) in [6.45, 7) is 0.683. The molecule has 4 atom stereocenters. The van der Waals surface area contributed by atoms with Crippen molar-refractivity contribution in [2.24, 2.45) is 11.8 Å². The highest BCUT2D eigenvalue weighted by atomic mass is 32.2. The maximum absolute atomic E-state index is 13.6. The van der Waals surface area contributed by atoms with Crippen molar-refractivity contribution >= 4 is 21.7 Å². The van der Waals surface area contributed by atoms with E-state index < -0.39 is 45.5 Å². The van der Waals surface area contributed by atoms with Gasteiger partial charge in [0, 0.05) is 30.1 Å². The van der Waals surface area contributed by atoms with Gasteiger partial charge in [0.15, 0.2) is 9.84 Å². The van der Waals surface area contributed by atoms with Crippen LogP contribution in [0.5, 0.6) is 0 Å². The third-order valence-corrected chi connectivity index (χ3v) is 8.42. The number of benzene rings is 2. The summed E-state index contributed by atoms with van der Waals surface area (Å²) in [4.78, 5) is 28.7. The Kier molecular flexibility index (Phi) is 6.73. The number of sulfone groups is 1. The van der Waals surface area contributed by atoms with E-state index in [1.54, 1.807) is 0 Å². The monoisotopic (exact) mass is 546 g/mol. The minimum Gasteiger partial charge on any atom is -0.381 e. The Balaban J connectivity index is 1.41. The van der Waals surface area contributed by atoms with E-state index in [0.717, 1.165) is 18.4 Å². The van der Waals surface area contributed by atoms with Gasteiger partial charge in [-0.1, -0.05) is 24.1 Å². The number of nitrogens with zero attached hydrogens (tertiary/aromatic N) is 1. The number of rotatable bonds is 6. The van der Waals surface area contributed by atoms with Gasteiger partial charge >= 0.3 is 6.18 Å². The number of ether oxygens (including phenoxy) is 1. The first-order valence-electron chi connectivity index (χ1n) is 12.1. The fourth-order valence-electron chi connectivity index (χ4n) is 5.21. The average Bonchev–Trinajstić information content (AvgIpc) is 3.43. The Bertz CT molecular complexity index is 1430. The second-order valence-electron chi connectivity index (χ2n) is 9.87. The highest BCUT2D eigenvalue weighted by molar-refractivity contribution is 7.90. The van der Waals surface area contributed by atoms with Crippen LogP contribution in [-0.4, -0.2) is 56.7 Å².